The van der Waals surface area contributed by atoms with Gasteiger partial charge in [0.15, 0.2) is 0 Å². The van der Waals surface area contributed by atoms with Crippen LogP contribution in [0.3, 0.4) is 0 Å². The Bertz CT molecular complexity index is 207. The molecule has 2 amide bonds. The molecule has 88 valence electrons. The second-order valence-corrected chi connectivity index (χ2v) is 3.61. The molecule has 0 aromatic rings. The number of carbonyl (C=O) groups excluding carboxylic acids is 1. The van der Waals surface area contributed by atoms with Gasteiger partial charge < -0.3 is 15.7 Å². The van der Waals surface area contributed by atoms with Gasteiger partial charge in [-0.2, -0.15) is 0 Å². The third-order valence-electron chi connectivity index (χ3n) is 1.92. The maximum atomic E-state index is 11.2. The molecular weight excluding hydrogens is 196 g/mol. The van der Waals surface area contributed by atoms with Crippen molar-refractivity contribution in [2.24, 2.45) is 0 Å². The van der Waals surface area contributed by atoms with E-state index in [2.05, 4.69) is 17.6 Å². The third-order valence-corrected chi connectivity index (χ3v) is 1.92. The normalized spacial score (nSPS) is 11.9. The number of nitrogens with one attached hydrogen (secondary N) is 2. The van der Waals surface area contributed by atoms with E-state index in [1.54, 1.807) is 6.92 Å². The Balaban J connectivity index is 3.51. The first-order valence-electron chi connectivity index (χ1n) is 5.32. The second-order valence-electron chi connectivity index (χ2n) is 3.61. The number of carboxylic acids is 1. The molecule has 0 aliphatic rings. The van der Waals surface area contributed by atoms with E-state index in [-0.39, 0.29) is 18.5 Å². The molecule has 0 rings (SSSR count). The van der Waals surface area contributed by atoms with Gasteiger partial charge in [0, 0.05) is 12.6 Å². The average molecular weight is 216 g/mol. The van der Waals surface area contributed by atoms with Gasteiger partial charge in [-0.15, -0.1) is 0 Å². The first-order chi connectivity index (χ1) is 7.06. The summed E-state index contributed by atoms with van der Waals surface area (Å²) in [6.07, 6.45) is 3.10. The first kappa shape index (κ1) is 13.7. The van der Waals surface area contributed by atoms with Crippen molar-refractivity contribution >= 4 is 12.0 Å². The highest BCUT2D eigenvalue weighted by molar-refractivity contribution is 5.75. The van der Waals surface area contributed by atoms with E-state index in [9.17, 15) is 9.59 Å². The molecule has 0 aliphatic carbocycles. The van der Waals surface area contributed by atoms with Crippen molar-refractivity contribution in [3.8, 4) is 0 Å². The van der Waals surface area contributed by atoms with Gasteiger partial charge in [-0.3, -0.25) is 4.79 Å². The zero-order chi connectivity index (χ0) is 11.7. The summed E-state index contributed by atoms with van der Waals surface area (Å²) in [5.41, 5.74) is 0. The van der Waals surface area contributed by atoms with Crippen molar-refractivity contribution in [2.75, 3.05) is 6.54 Å². The van der Waals surface area contributed by atoms with E-state index in [0.717, 1.165) is 19.3 Å². The molecule has 0 spiro atoms. The highest BCUT2D eigenvalue weighted by Crippen LogP contribution is 1.92. The van der Waals surface area contributed by atoms with Crippen molar-refractivity contribution in [3.63, 3.8) is 0 Å². The Kier molecular flexibility index (Phi) is 7.40. The molecule has 0 saturated heterocycles. The van der Waals surface area contributed by atoms with Crippen molar-refractivity contribution in [2.45, 2.75) is 45.6 Å². The summed E-state index contributed by atoms with van der Waals surface area (Å²) >= 11 is 0. The monoisotopic (exact) mass is 216 g/mol. The largest absolute Gasteiger partial charge is 0.481 e. The van der Waals surface area contributed by atoms with Gasteiger partial charge in [-0.1, -0.05) is 19.8 Å². The van der Waals surface area contributed by atoms with Crippen LogP contribution in [0.4, 0.5) is 4.79 Å². The number of hydrogen-bond donors (Lipinski definition) is 3. The maximum absolute atomic E-state index is 11.2. The van der Waals surface area contributed by atoms with E-state index < -0.39 is 5.97 Å². The SMILES string of the molecule is CCCCCNC(=O)NC(C)CC(=O)O. The summed E-state index contributed by atoms with van der Waals surface area (Å²) in [7, 11) is 0. The lowest BCUT2D eigenvalue weighted by Crippen LogP contribution is -2.41. The summed E-state index contributed by atoms with van der Waals surface area (Å²) in [5, 5.41) is 13.7. The van der Waals surface area contributed by atoms with Gasteiger partial charge in [0.2, 0.25) is 0 Å². The van der Waals surface area contributed by atoms with Gasteiger partial charge in [-0.05, 0) is 13.3 Å². The Hall–Kier alpha value is -1.26. The molecule has 0 aromatic heterocycles. The van der Waals surface area contributed by atoms with Crippen LogP contribution in [0.2, 0.25) is 0 Å². The summed E-state index contributed by atoms with van der Waals surface area (Å²) in [6.45, 7) is 4.40. The highest BCUT2D eigenvalue weighted by Gasteiger charge is 2.09. The Morgan fingerprint density at radius 2 is 2.00 bits per heavy atom. The third kappa shape index (κ3) is 9.05. The molecule has 5 heteroatoms. The number of carbonyl (C=O) groups is 2. The highest BCUT2D eigenvalue weighted by atomic mass is 16.4. The Labute approximate surface area is 90.2 Å². The molecule has 0 saturated carbocycles. The minimum Gasteiger partial charge on any atom is -0.481 e. The number of amides is 2. The van der Waals surface area contributed by atoms with Gasteiger partial charge in [-0.25, -0.2) is 4.79 Å². The summed E-state index contributed by atoms with van der Waals surface area (Å²) < 4.78 is 0. The van der Waals surface area contributed by atoms with Crippen LogP contribution in [0, 0.1) is 0 Å². The summed E-state index contributed by atoms with van der Waals surface area (Å²) in [5.74, 6) is -0.909. The van der Waals surface area contributed by atoms with Gasteiger partial charge in [0.1, 0.15) is 0 Å². The molecule has 0 fully saturated rings. The van der Waals surface area contributed by atoms with Crippen molar-refractivity contribution in [3.05, 3.63) is 0 Å². The van der Waals surface area contributed by atoms with Gasteiger partial charge in [0.25, 0.3) is 0 Å². The van der Waals surface area contributed by atoms with Gasteiger partial charge in [0.05, 0.1) is 6.42 Å². The van der Waals surface area contributed by atoms with Crippen LogP contribution >= 0.6 is 0 Å². The van der Waals surface area contributed by atoms with Crippen LogP contribution < -0.4 is 10.6 Å². The molecule has 0 aliphatic heterocycles. The lowest BCUT2D eigenvalue weighted by atomic mass is 10.2. The minimum atomic E-state index is -0.909. The van der Waals surface area contributed by atoms with Crippen molar-refractivity contribution in [1.29, 1.82) is 0 Å². The molecule has 1 atom stereocenters. The van der Waals surface area contributed by atoms with E-state index in [1.165, 1.54) is 0 Å². The van der Waals surface area contributed by atoms with Crippen LogP contribution in [0.1, 0.15) is 39.5 Å². The molecule has 3 N–H and O–H groups in total. The van der Waals surface area contributed by atoms with E-state index in [0.29, 0.717) is 6.54 Å². The minimum absolute atomic E-state index is 0.0532. The lowest BCUT2D eigenvalue weighted by Gasteiger charge is -2.12. The zero-order valence-corrected chi connectivity index (χ0v) is 9.38. The van der Waals surface area contributed by atoms with E-state index in [1.807, 2.05) is 0 Å². The van der Waals surface area contributed by atoms with Crippen LogP contribution in [-0.4, -0.2) is 29.7 Å². The quantitative estimate of drug-likeness (QED) is 0.562. The molecule has 0 heterocycles. The van der Waals surface area contributed by atoms with E-state index >= 15 is 0 Å². The molecule has 0 aromatic carbocycles. The molecule has 15 heavy (non-hydrogen) atoms. The van der Waals surface area contributed by atoms with Crippen LogP contribution in [0.5, 0.6) is 0 Å². The predicted octanol–water partition coefficient (Wildman–Crippen LogP) is 1.34. The Morgan fingerprint density at radius 3 is 2.53 bits per heavy atom. The molecule has 0 bridgehead atoms. The number of urea groups is 1. The van der Waals surface area contributed by atoms with Crippen LogP contribution in [-0.2, 0) is 4.79 Å². The smallest absolute Gasteiger partial charge is 0.315 e. The van der Waals surface area contributed by atoms with Crippen LogP contribution in [0.25, 0.3) is 0 Å². The second kappa shape index (κ2) is 8.08. The number of unbranched alkanes of at least 4 members (excludes halogenated alkanes) is 2. The molecule has 5 nitrogen and oxygen atoms in total. The van der Waals surface area contributed by atoms with E-state index in [4.69, 9.17) is 5.11 Å². The molecule has 0 radical (unpaired) electrons. The lowest BCUT2D eigenvalue weighted by molar-refractivity contribution is -0.137. The molecular formula is C10H20N2O3. The first-order valence-corrected chi connectivity index (χ1v) is 5.32. The number of aliphatic carboxylic acids is 1. The molecule has 1 unspecified atom stereocenters. The fourth-order valence-electron chi connectivity index (χ4n) is 1.16. The summed E-state index contributed by atoms with van der Waals surface area (Å²) in [4.78, 5) is 21.5. The topological polar surface area (TPSA) is 78.4 Å². The number of hydrogen-bond acceptors (Lipinski definition) is 2. The zero-order valence-electron chi connectivity index (χ0n) is 9.38. The number of rotatable bonds is 7. The standard InChI is InChI=1S/C10H20N2O3/c1-3-4-5-6-11-10(15)12-8(2)7-9(13)14/h8H,3-7H2,1-2H3,(H,13,14)(H2,11,12,15). The fraction of sp³-hybridized carbons (Fsp3) is 0.800. The predicted molar refractivity (Wildman–Crippen MR) is 57.8 cm³/mol. The Morgan fingerprint density at radius 1 is 1.33 bits per heavy atom. The number of carboxylic acid groups (broad SMARTS) is 1. The van der Waals surface area contributed by atoms with Crippen molar-refractivity contribution < 1.29 is 14.7 Å². The van der Waals surface area contributed by atoms with Crippen molar-refractivity contribution in [1.82, 2.24) is 10.6 Å². The fourth-order valence-corrected chi connectivity index (χ4v) is 1.16. The maximum Gasteiger partial charge on any atom is 0.315 e. The van der Waals surface area contributed by atoms with Crippen LogP contribution in [0.15, 0.2) is 0 Å². The average Bonchev–Trinajstić information content (AvgIpc) is 2.10. The van der Waals surface area contributed by atoms with Gasteiger partial charge >= 0.3 is 12.0 Å². The summed E-state index contributed by atoms with van der Waals surface area (Å²) in [6, 6.07) is -0.631.